The zero-order valence-electron chi connectivity index (χ0n) is 9.23. The Balaban J connectivity index is 2.51. The number of hydrogen-bond acceptors (Lipinski definition) is 3. The van der Waals surface area contributed by atoms with Crippen molar-refractivity contribution in [3.05, 3.63) is 32.9 Å². The predicted molar refractivity (Wildman–Crippen MR) is 67.4 cm³/mol. The standard InChI is InChI=1S/C10H11IN4O/c1-6-4-7(2)15(13-6)10(16)9-8(11)5-12-14(9)3/h4-5H,1-3H3. The summed E-state index contributed by atoms with van der Waals surface area (Å²) in [5, 5.41) is 8.22. The van der Waals surface area contributed by atoms with E-state index in [4.69, 9.17) is 0 Å². The smallest absolute Gasteiger partial charge is 0.265 e. The molecule has 5 nitrogen and oxygen atoms in total. The Morgan fingerprint density at radius 1 is 1.44 bits per heavy atom. The fraction of sp³-hybridized carbons (Fsp3) is 0.300. The van der Waals surface area contributed by atoms with Gasteiger partial charge in [-0.05, 0) is 42.5 Å². The van der Waals surface area contributed by atoms with Gasteiger partial charge in [-0.3, -0.25) is 9.48 Å². The van der Waals surface area contributed by atoms with Gasteiger partial charge in [0.2, 0.25) is 0 Å². The van der Waals surface area contributed by atoms with Gasteiger partial charge in [0.25, 0.3) is 5.91 Å². The van der Waals surface area contributed by atoms with Gasteiger partial charge < -0.3 is 0 Å². The van der Waals surface area contributed by atoms with Gasteiger partial charge in [-0.2, -0.15) is 14.9 Å². The SMILES string of the molecule is Cc1cc(C)n(C(=O)c2c(I)cnn2C)n1. The Bertz CT molecular complexity index is 536. The monoisotopic (exact) mass is 330 g/mol. The van der Waals surface area contributed by atoms with Crippen molar-refractivity contribution in [1.82, 2.24) is 19.6 Å². The average molecular weight is 330 g/mol. The van der Waals surface area contributed by atoms with Crippen molar-refractivity contribution in [2.24, 2.45) is 7.05 Å². The molecular weight excluding hydrogens is 319 g/mol. The van der Waals surface area contributed by atoms with E-state index in [1.165, 1.54) is 4.68 Å². The molecule has 0 saturated heterocycles. The van der Waals surface area contributed by atoms with Crippen LogP contribution in [0.5, 0.6) is 0 Å². The van der Waals surface area contributed by atoms with Gasteiger partial charge in [-0.15, -0.1) is 0 Å². The summed E-state index contributed by atoms with van der Waals surface area (Å²) in [7, 11) is 1.75. The molecular formula is C10H11IN4O. The van der Waals surface area contributed by atoms with E-state index < -0.39 is 0 Å². The number of aromatic nitrogens is 4. The van der Waals surface area contributed by atoms with Crippen LogP contribution in [0.25, 0.3) is 0 Å². The third-order valence-electron chi connectivity index (χ3n) is 2.30. The van der Waals surface area contributed by atoms with Gasteiger partial charge in [0.15, 0.2) is 0 Å². The van der Waals surface area contributed by atoms with Crippen molar-refractivity contribution in [2.45, 2.75) is 13.8 Å². The lowest BCUT2D eigenvalue weighted by molar-refractivity contribution is 0.0932. The highest BCUT2D eigenvalue weighted by Gasteiger charge is 2.19. The predicted octanol–water partition coefficient (Wildman–Crippen LogP) is 1.53. The van der Waals surface area contributed by atoms with E-state index in [2.05, 4.69) is 32.8 Å². The molecule has 16 heavy (non-hydrogen) atoms. The van der Waals surface area contributed by atoms with Crippen molar-refractivity contribution in [2.75, 3.05) is 0 Å². The first-order chi connectivity index (χ1) is 7.50. The molecule has 0 aliphatic carbocycles. The van der Waals surface area contributed by atoms with Gasteiger partial charge in [-0.25, -0.2) is 0 Å². The van der Waals surface area contributed by atoms with Crippen LogP contribution in [-0.4, -0.2) is 25.5 Å². The number of carbonyl (C=O) groups excluding carboxylic acids is 1. The summed E-state index contributed by atoms with van der Waals surface area (Å²) >= 11 is 2.10. The van der Waals surface area contributed by atoms with E-state index in [-0.39, 0.29) is 5.91 Å². The van der Waals surface area contributed by atoms with Crippen molar-refractivity contribution in [3.63, 3.8) is 0 Å². The van der Waals surface area contributed by atoms with E-state index in [9.17, 15) is 4.79 Å². The number of nitrogens with zero attached hydrogens (tertiary/aromatic N) is 4. The summed E-state index contributed by atoms with van der Waals surface area (Å²) in [6.07, 6.45) is 1.67. The van der Waals surface area contributed by atoms with E-state index in [0.717, 1.165) is 15.0 Å². The van der Waals surface area contributed by atoms with Crippen LogP contribution < -0.4 is 0 Å². The maximum absolute atomic E-state index is 12.2. The molecule has 84 valence electrons. The molecule has 0 fully saturated rings. The van der Waals surface area contributed by atoms with Gasteiger partial charge in [-0.1, -0.05) is 0 Å². The molecule has 0 spiro atoms. The van der Waals surface area contributed by atoms with E-state index in [1.54, 1.807) is 17.9 Å². The zero-order valence-corrected chi connectivity index (χ0v) is 11.4. The number of rotatable bonds is 1. The van der Waals surface area contributed by atoms with Gasteiger partial charge in [0.1, 0.15) is 5.69 Å². The molecule has 0 N–H and O–H groups in total. The van der Waals surface area contributed by atoms with Crippen LogP contribution in [0.2, 0.25) is 0 Å². The van der Waals surface area contributed by atoms with Gasteiger partial charge >= 0.3 is 0 Å². The Morgan fingerprint density at radius 3 is 2.56 bits per heavy atom. The summed E-state index contributed by atoms with van der Waals surface area (Å²) in [5.74, 6) is -0.144. The molecule has 0 bridgehead atoms. The zero-order chi connectivity index (χ0) is 11.9. The molecule has 0 aromatic carbocycles. The lowest BCUT2D eigenvalue weighted by atomic mass is 10.3. The molecule has 2 aromatic heterocycles. The molecule has 0 saturated carbocycles. The van der Waals surface area contributed by atoms with Crippen LogP contribution in [0.1, 0.15) is 21.9 Å². The maximum Gasteiger partial charge on any atom is 0.297 e. The Hall–Kier alpha value is -1.18. The molecule has 2 aromatic rings. The molecule has 2 heterocycles. The van der Waals surface area contributed by atoms with Crippen LogP contribution in [0.3, 0.4) is 0 Å². The highest BCUT2D eigenvalue weighted by Crippen LogP contribution is 2.13. The van der Waals surface area contributed by atoms with Crippen molar-refractivity contribution in [3.8, 4) is 0 Å². The van der Waals surface area contributed by atoms with E-state index >= 15 is 0 Å². The summed E-state index contributed by atoms with van der Waals surface area (Å²) in [4.78, 5) is 12.2. The minimum atomic E-state index is -0.144. The fourth-order valence-corrected chi connectivity index (χ4v) is 2.29. The fourth-order valence-electron chi connectivity index (χ4n) is 1.59. The molecule has 2 rings (SSSR count). The van der Waals surface area contributed by atoms with Crippen molar-refractivity contribution in [1.29, 1.82) is 0 Å². The first-order valence-corrected chi connectivity index (χ1v) is 5.84. The van der Waals surface area contributed by atoms with Gasteiger partial charge in [0.05, 0.1) is 15.5 Å². The largest absolute Gasteiger partial charge is 0.297 e. The second-order valence-corrected chi connectivity index (χ2v) is 4.77. The lowest BCUT2D eigenvalue weighted by Crippen LogP contribution is -2.19. The van der Waals surface area contributed by atoms with Crippen LogP contribution in [0.15, 0.2) is 12.3 Å². The number of halogens is 1. The lowest BCUT2D eigenvalue weighted by Gasteiger charge is -2.03. The summed E-state index contributed by atoms with van der Waals surface area (Å²) in [6, 6.07) is 1.88. The minimum absolute atomic E-state index is 0.144. The molecule has 0 aliphatic rings. The van der Waals surface area contributed by atoms with Crippen LogP contribution >= 0.6 is 22.6 Å². The molecule has 6 heteroatoms. The minimum Gasteiger partial charge on any atom is -0.265 e. The molecule has 0 atom stereocenters. The normalized spacial score (nSPS) is 10.8. The van der Waals surface area contributed by atoms with Crippen LogP contribution in [0, 0.1) is 17.4 Å². The second kappa shape index (κ2) is 4.00. The Morgan fingerprint density at radius 2 is 2.12 bits per heavy atom. The van der Waals surface area contributed by atoms with Crippen LogP contribution in [0.4, 0.5) is 0 Å². The summed E-state index contributed by atoms with van der Waals surface area (Å²) in [6.45, 7) is 3.73. The third-order valence-corrected chi connectivity index (χ3v) is 3.09. The third kappa shape index (κ3) is 1.77. The second-order valence-electron chi connectivity index (χ2n) is 3.61. The summed E-state index contributed by atoms with van der Waals surface area (Å²) < 4.78 is 3.81. The first-order valence-electron chi connectivity index (χ1n) is 4.76. The van der Waals surface area contributed by atoms with E-state index in [1.807, 2.05) is 19.9 Å². The first kappa shape index (κ1) is 11.3. The van der Waals surface area contributed by atoms with Crippen molar-refractivity contribution < 1.29 is 4.79 Å². The van der Waals surface area contributed by atoms with Crippen molar-refractivity contribution >= 4 is 28.5 Å². The number of aryl methyl sites for hydroxylation is 3. The Kier molecular flexibility index (Phi) is 2.83. The quantitative estimate of drug-likeness (QED) is 0.745. The van der Waals surface area contributed by atoms with E-state index in [0.29, 0.717) is 5.69 Å². The highest BCUT2D eigenvalue weighted by atomic mass is 127. The van der Waals surface area contributed by atoms with Gasteiger partial charge in [0, 0.05) is 12.7 Å². The topological polar surface area (TPSA) is 52.7 Å². The molecule has 0 amide bonds. The van der Waals surface area contributed by atoms with Crippen LogP contribution in [-0.2, 0) is 7.05 Å². The highest BCUT2D eigenvalue weighted by molar-refractivity contribution is 14.1. The molecule has 0 unspecified atom stereocenters. The number of carbonyl (C=O) groups is 1. The summed E-state index contributed by atoms with van der Waals surface area (Å²) in [5.41, 5.74) is 2.23. The Labute approximate surface area is 107 Å². The molecule has 0 aliphatic heterocycles. The average Bonchev–Trinajstić information content (AvgIpc) is 2.70. The molecule has 0 radical (unpaired) electrons. The number of hydrogen-bond donors (Lipinski definition) is 0. The maximum atomic E-state index is 12.2.